The third-order valence-electron chi connectivity index (χ3n) is 6.01. The molecule has 1 heterocycles. The number of fused-ring (bicyclic) bond motifs is 2. The topological polar surface area (TPSA) is 48.1 Å². The number of nitrogens with two attached hydrogens (primary N) is 1. The van der Waals surface area contributed by atoms with E-state index in [9.17, 15) is 0 Å². The van der Waals surface area contributed by atoms with Gasteiger partial charge < -0.3 is 10.5 Å². The lowest BCUT2D eigenvalue weighted by Gasteiger charge is -2.38. The summed E-state index contributed by atoms with van der Waals surface area (Å²) in [4.78, 5) is 4.02. The molecule has 0 amide bonds. The molecule has 0 aromatic carbocycles. The minimum atomic E-state index is 0.330. The molecule has 3 unspecified atom stereocenters. The molecule has 3 heteroatoms. The fourth-order valence-corrected chi connectivity index (χ4v) is 4.16. The highest BCUT2D eigenvalue weighted by Crippen LogP contribution is 2.66. The van der Waals surface area contributed by atoms with Crippen LogP contribution < -0.4 is 5.73 Å². The molecule has 2 bridgehead atoms. The first-order valence-corrected chi connectivity index (χ1v) is 7.25. The van der Waals surface area contributed by atoms with Crippen molar-refractivity contribution < 1.29 is 4.74 Å². The summed E-state index contributed by atoms with van der Waals surface area (Å²) in [5.41, 5.74) is 7.57. The molecule has 0 saturated heterocycles. The smallest absolute Gasteiger partial charge is 0.123 e. The summed E-state index contributed by atoms with van der Waals surface area (Å²) in [5, 5.41) is 0. The highest BCUT2D eigenvalue weighted by Gasteiger charge is 2.61. The van der Waals surface area contributed by atoms with Crippen LogP contribution in [0.5, 0.6) is 0 Å². The van der Waals surface area contributed by atoms with Gasteiger partial charge in [0, 0.05) is 6.20 Å². The summed E-state index contributed by atoms with van der Waals surface area (Å²) in [6, 6.07) is 3.89. The maximum Gasteiger partial charge on any atom is 0.123 e. The number of nitrogens with zero attached hydrogens (tertiary/aromatic N) is 1. The number of pyridine rings is 1. The largest absolute Gasteiger partial charge is 0.384 e. The highest BCUT2D eigenvalue weighted by atomic mass is 16.5. The highest BCUT2D eigenvalue weighted by molar-refractivity contribution is 5.31. The van der Waals surface area contributed by atoms with E-state index in [1.54, 1.807) is 6.20 Å². The Bertz CT molecular complexity index is 485. The van der Waals surface area contributed by atoms with E-state index in [4.69, 9.17) is 10.5 Å². The number of anilines is 1. The number of hydrogen-bond donors (Lipinski definition) is 1. The lowest BCUT2D eigenvalue weighted by Crippen LogP contribution is -2.37. The summed E-state index contributed by atoms with van der Waals surface area (Å²) >= 11 is 0. The number of nitrogen functional groups attached to an aromatic ring is 1. The van der Waals surface area contributed by atoms with Gasteiger partial charge in [0.25, 0.3) is 0 Å². The van der Waals surface area contributed by atoms with Crippen LogP contribution in [0, 0.1) is 16.7 Å². The molecule has 19 heavy (non-hydrogen) atoms. The van der Waals surface area contributed by atoms with Crippen LogP contribution in [0.4, 0.5) is 5.82 Å². The summed E-state index contributed by atoms with van der Waals surface area (Å²) in [6.07, 6.45) is 6.01. The number of aromatic nitrogens is 1. The van der Waals surface area contributed by atoms with Gasteiger partial charge in [0.15, 0.2) is 0 Å². The standard InChI is InChI=1S/C16H24N2O/c1-15(2)12-4-6-16(15,3)13(9-12)19-10-11-5-7-18-14(17)8-11/h5,7-8,12-13H,4,6,9-10H2,1-3H3,(H2,17,18). The van der Waals surface area contributed by atoms with Crippen LogP contribution >= 0.6 is 0 Å². The van der Waals surface area contributed by atoms with E-state index in [1.807, 2.05) is 12.1 Å². The molecule has 2 saturated carbocycles. The van der Waals surface area contributed by atoms with Crippen molar-refractivity contribution in [3.8, 4) is 0 Å². The molecular weight excluding hydrogens is 236 g/mol. The van der Waals surface area contributed by atoms with E-state index in [1.165, 1.54) is 19.3 Å². The maximum absolute atomic E-state index is 6.23. The van der Waals surface area contributed by atoms with Gasteiger partial charge in [-0.2, -0.15) is 0 Å². The van der Waals surface area contributed by atoms with Crippen molar-refractivity contribution >= 4 is 5.82 Å². The lowest BCUT2D eigenvalue weighted by atomic mass is 9.70. The first-order valence-electron chi connectivity index (χ1n) is 7.25. The fourth-order valence-electron chi connectivity index (χ4n) is 4.16. The second-order valence-corrected chi connectivity index (χ2v) is 7.00. The lowest BCUT2D eigenvalue weighted by molar-refractivity contribution is -0.0550. The zero-order valence-electron chi connectivity index (χ0n) is 12.1. The molecule has 3 nitrogen and oxygen atoms in total. The van der Waals surface area contributed by atoms with Gasteiger partial charge in [-0.05, 0) is 53.7 Å². The molecule has 0 aliphatic heterocycles. The van der Waals surface area contributed by atoms with E-state index in [0.29, 0.717) is 29.4 Å². The van der Waals surface area contributed by atoms with Crippen LogP contribution in [0.25, 0.3) is 0 Å². The summed E-state index contributed by atoms with van der Waals surface area (Å²) < 4.78 is 6.23. The molecule has 1 aromatic heterocycles. The normalized spacial score (nSPS) is 35.7. The molecule has 2 fully saturated rings. The molecular formula is C16H24N2O. The van der Waals surface area contributed by atoms with Crippen LogP contribution in [0.15, 0.2) is 18.3 Å². The fraction of sp³-hybridized carbons (Fsp3) is 0.688. The monoisotopic (exact) mass is 260 g/mol. The summed E-state index contributed by atoms with van der Waals surface area (Å²) in [5.74, 6) is 1.39. The van der Waals surface area contributed by atoms with E-state index < -0.39 is 0 Å². The maximum atomic E-state index is 6.23. The Morgan fingerprint density at radius 2 is 2.21 bits per heavy atom. The Labute approximate surface area is 115 Å². The van der Waals surface area contributed by atoms with Gasteiger partial charge >= 0.3 is 0 Å². The molecule has 2 N–H and O–H groups in total. The van der Waals surface area contributed by atoms with Crippen molar-refractivity contribution in [3.05, 3.63) is 23.9 Å². The first kappa shape index (κ1) is 12.9. The summed E-state index contributed by atoms with van der Waals surface area (Å²) in [7, 11) is 0. The molecule has 2 aliphatic rings. The zero-order valence-corrected chi connectivity index (χ0v) is 12.1. The molecule has 0 radical (unpaired) electrons. The van der Waals surface area contributed by atoms with Crippen LogP contribution in [-0.2, 0) is 11.3 Å². The van der Waals surface area contributed by atoms with Crippen molar-refractivity contribution in [2.24, 2.45) is 16.7 Å². The molecule has 0 spiro atoms. The van der Waals surface area contributed by atoms with E-state index >= 15 is 0 Å². The van der Waals surface area contributed by atoms with E-state index in [2.05, 4.69) is 25.8 Å². The summed E-state index contributed by atoms with van der Waals surface area (Å²) in [6.45, 7) is 7.89. The van der Waals surface area contributed by atoms with Crippen LogP contribution in [-0.4, -0.2) is 11.1 Å². The third kappa shape index (κ3) is 1.86. The minimum Gasteiger partial charge on any atom is -0.384 e. The first-order chi connectivity index (χ1) is 8.93. The second-order valence-electron chi connectivity index (χ2n) is 7.00. The van der Waals surface area contributed by atoms with Gasteiger partial charge in [-0.1, -0.05) is 20.8 Å². The van der Waals surface area contributed by atoms with E-state index in [-0.39, 0.29) is 0 Å². The van der Waals surface area contributed by atoms with Crippen LogP contribution in [0.1, 0.15) is 45.6 Å². The van der Waals surface area contributed by atoms with Crippen LogP contribution in [0.3, 0.4) is 0 Å². The van der Waals surface area contributed by atoms with Crippen molar-refractivity contribution in [2.45, 2.75) is 52.7 Å². The van der Waals surface area contributed by atoms with Crippen molar-refractivity contribution in [1.82, 2.24) is 4.98 Å². The minimum absolute atomic E-state index is 0.330. The van der Waals surface area contributed by atoms with E-state index in [0.717, 1.165) is 11.5 Å². The van der Waals surface area contributed by atoms with Gasteiger partial charge in [0.05, 0.1) is 12.7 Å². The number of rotatable bonds is 3. The predicted molar refractivity (Wildman–Crippen MR) is 76.5 cm³/mol. The molecule has 104 valence electrons. The molecule has 3 rings (SSSR count). The number of hydrogen-bond acceptors (Lipinski definition) is 3. The van der Waals surface area contributed by atoms with Gasteiger partial charge in [-0.25, -0.2) is 4.98 Å². The average molecular weight is 260 g/mol. The van der Waals surface area contributed by atoms with Crippen molar-refractivity contribution in [1.29, 1.82) is 0 Å². The van der Waals surface area contributed by atoms with Gasteiger partial charge in [-0.3, -0.25) is 0 Å². The van der Waals surface area contributed by atoms with Gasteiger partial charge in [0.2, 0.25) is 0 Å². The Morgan fingerprint density at radius 1 is 1.42 bits per heavy atom. The Balaban J connectivity index is 1.69. The second kappa shape index (κ2) is 4.20. The van der Waals surface area contributed by atoms with Gasteiger partial charge in [-0.15, -0.1) is 0 Å². The number of ether oxygens (including phenoxy) is 1. The SMILES string of the molecule is CC1(C)C2CCC1(C)C(OCc1ccnc(N)c1)C2. The van der Waals surface area contributed by atoms with Crippen molar-refractivity contribution in [3.63, 3.8) is 0 Å². The van der Waals surface area contributed by atoms with Crippen LogP contribution in [0.2, 0.25) is 0 Å². The zero-order chi connectivity index (χ0) is 13.7. The average Bonchev–Trinajstić information content (AvgIpc) is 2.69. The Kier molecular flexibility index (Phi) is 2.86. The molecule has 2 aliphatic carbocycles. The Hall–Kier alpha value is -1.09. The third-order valence-corrected chi connectivity index (χ3v) is 6.01. The predicted octanol–water partition coefficient (Wildman–Crippen LogP) is 3.40. The Morgan fingerprint density at radius 3 is 2.79 bits per heavy atom. The molecule has 1 aromatic rings. The van der Waals surface area contributed by atoms with Gasteiger partial charge in [0.1, 0.15) is 5.82 Å². The quantitative estimate of drug-likeness (QED) is 0.906. The van der Waals surface area contributed by atoms with Crippen molar-refractivity contribution in [2.75, 3.05) is 5.73 Å². The molecule has 3 atom stereocenters.